The fraction of sp³-hybridized carbons (Fsp3) is 0.435. The molecule has 8 heteroatoms. The first-order valence-corrected chi connectivity index (χ1v) is 11.8. The molecule has 1 amide bonds. The minimum absolute atomic E-state index is 0.00873. The van der Waals surface area contributed by atoms with Gasteiger partial charge in [-0.05, 0) is 61.7 Å². The first kappa shape index (κ1) is 24.7. The Kier molecular flexibility index (Phi) is 8.86. The summed E-state index contributed by atoms with van der Waals surface area (Å²) in [6.07, 6.45) is 3.02. The quantitative estimate of drug-likeness (QED) is 0.454. The van der Waals surface area contributed by atoms with Crippen LogP contribution in [0.5, 0.6) is 11.5 Å². The second kappa shape index (κ2) is 11.1. The van der Waals surface area contributed by atoms with Crippen molar-refractivity contribution in [1.82, 2.24) is 4.90 Å². The summed E-state index contributed by atoms with van der Waals surface area (Å²) in [7, 11) is -2.78. The van der Waals surface area contributed by atoms with Crippen molar-refractivity contribution in [3.05, 3.63) is 53.8 Å². The van der Waals surface area contributed by atoms with E-state index >= 15 is 0 Å². The Labute approximate surface area is 184 Å². The van der Waals surface area contributed by atoms with Crippen molar-refractivity contribution in [2.45, 2.75) is 63.9 Å². The molecule has 0 radical (unpaired) electrons. The fourth-order valence-corrected chi connectivity index (χ4v) is 3.96. The largest absolute Gasteiger partial charge is 0.493 e. The Morgan fingerprint density at radius 3 is 2.35 bits per heavy atom. The summed E-state index contributed by atoms with van der Waals surface area (Å²) in [5, 5.41) is 0. The van der Waals surface area contributed by atoms with Gasteiger partial charge in [-0.15, -0.1) is 0 Å². The number of amides is 1. The summed E-state index contributed by atoms with van der Waals surface area (Å²) in [6.45, 7) is 6.37. The maximum absolute atomic E-state index is 13.1. The molecule has 0 heterocycles. The highest BCUT2D eigenvalue weighted by Crippen LogP contribution is 2.31. The molecular weight excluding hydrogens is 421 g/mol. The molecule has 2 aromatic carbocycles. The van der Waals surface area contributed by atoms with Crippen LogP contribution in [0.15, 0.2) is 47.4 Å². The van der Waals surface area contributed by atoms with Crippen LogP contribution in [0.3, 0.4) is 0 Å². The minimum atomic E-state index is -4.18. The Morgan fingerprint density at radius 2 is 1.77 bits per heavy atom. The number of rotatable bonds is 11. The van der Waals surface area contributed by atoms with Crippen LogP contribution >= 0.6 is 0 Å². The monoisotopic (exact) mass is 451 g/mol. The van der Waals surface area contributed by atoms with Gasteiger partial charge in [0.05, 0.1) is 7.11 Å². The van der Waals surface area contributed by atoms with Gasteiger partial charge in [0.15, 0.2) is 11.5 Å². The van der Waals surface area contributed by atoms with Crippen molar-refractivity contribution in [2.24, 2.45) is 0 Å². The smallest absolute Gasteiger partial charge is 0.339 e. The van der Waals surface area contributed by atoms with E-state index in [0.717, 1.165) is 49.1 Å². The summed E-state index contributed by atoms with van der Waals surface area (Å²) in [5.74, 6) is -0.235. The van der Waals surface area contributed by atoms with E-state index in [-0.39, 0.29) is 28.3 Å². The maximum Gasteiger partial charge on any atom is 0.339 e. The number of unbranched alkanes of at least 4 members (excludes halogenated alkanes) is 1. The summed E-state index contributed by atoms with van der Waals surface area (Å²) >= 11 is 0. The molecule has 0 aromatic heterocycles. The molecule has 0 aliphatic carbocycles. The summed E-state index contributed by atoms with van der Waals surface area (Å²) in [4.78, 5) is 14.3. The van der Waals surface area contributed by atoms with Crippen LogP contribution in [-0.4, -0.2) is 32.4 Å². The van der Waals surface area contributed by atoms with Gasteiger partial charge in [0.2, 0.25) is 5.91 Å². The molecule has 31 heavy (non-hydrogen) atoms. The van der Waals surface area contributed by atoms with Gasteiger partial charge < -0.3 is 13.8 Å². The highest BCUT2D eigenvalue weighted by Gasteiger charge is 2.22. The number of carbonyl (C=O) groups is 1. The van der Waals surface area contributed by atoms with E-state index < -0.39 is 15.9 Å². The SMILES string of the molecule is CCCCC(=O)N(Cc1ccc(OC)c(OS(=O)(=O)c2ccc(F)cc2)c1)C(C)CC. The molecule has 0 saturated carbocycles. The van der Waals surface area contributed by atoms with E-state index in [1.807, 2.05) is 20.8 Å². The Hall–Kier alpha value is -2.61. The van der Waals surface area contributed by atoms with Crippen LogP contribution < -0.4 is 8.92 Å². The van der Waals surface area contributed by atoms with Crippen molar-refractivity contribution in [3.8, 4) is 11.5 Å². The van der Waals surface area contributed by atoms with E-state index in [1.165, 1.54) is 7.11 Å². The van der Waals surface area contributed by atoms with Gasteiger partial charge in [0, 0.05) is 19.0 Å². The first-order valence-electron chi connectivity index (χ1n) is 10.4. The third kappa shape index (κ3) is 6.69. The third-order valence-electron chi connectivity index (χ3n) is 5.07. The number of hydrogen-bond donors (Lipinski definition) is 0. The second-order valence-corrected chi connectivity index (χ2v) is 8.91. The van der Waals surface area contributed by atoms with E-state index in [0.29, 0.717) is 13.0 Å². The molecule has 0 N–H and O–H groups in total. The van der Waals surface area contributed by atoms with E-state index in [9.17, 15) is 17.6 Å². The number of benzene rings is 2. The van der Waals surface area contributed by atoms with Crippen LogP contribution in [0, 0.1) is 5.82 Å². The van der Waals surface area contributed by atoms with Crippen LogP contribution in [-0.2, 0) is 21.5 Å². The summed E-state index contributed by atoms with van der Waals surface area (Å²) < 4.78 is 49.0. The van der Waals surface area contributed by atoms with Crippen LogP contribution in [0.4, 0.5) is 4.39 Å². The highest BCUT2D eigenvalue weighted by atomic mass is 32.2. The maximum atomic E-state index is 13.1. The lowest BCUT2D eigenvalue weighted by atomic mass is 10.1. The molecule has 1 unspecified atom stereocenters. The number of nitrogens with zero attached hydrogens (tertiary/aromatic N) is 1. The predicted molar refractivity (Wildman–Crippen MR) is 117 cm³/mol. The zero-order valence-electron chi connectivity index (χ0n) is 18.4. The number of hydrogen-bond acceptors (Lipinski definition) is 5. The third-order valence-corrected chi connectivity index (χ3v) is 6.32. The molecule has 0 aliphatic rings. The molecule has 0 saturated heterocycles. The van der Waals surface area contributed by atoms with Gasteiger partial charge in [-0.1, -0.05) is 26.3 Å². The van der Waals surface area contributed by atoms with Crippen molar-refractivity contribution < 1.29 is 26.5 Å². The van der Waals surface area contributed by atoms with Crippen molar-refractivity contribution in [2.75, 3.05) is 7.11 Å². The van der Waals surface area contributed by atoms with Gasteiger partial charge in [-0.25, -0.2) is 4.39 Å². The van der Waals surface area contributed by atoms with Crippen molar-refractivity contribution in [1.29, 1.82) is 0 Å². The lowest BCUT2D eigenvalue weighted by Gasteiger charge is -2.29. The Balaban J connectivity index is 2.31. The molecule has 0 fully saturated rings. The van der Waals surface area contributed by atoms with E-state index in [1.54, 1.807) is 23.1 Å². The second-order valence-electron chi connectivity index (χ2n) is 7.36. The molecule has 6 nitrogen and oxygen atoms in total. The molecule has 0 spiro atoms. The average molecular weight is 452 g/mol. The summed E-state index contributed by atoms with van der Waals surface area (Å²) in [5.41, 5.74) is 0.718. The number of methoxy groups -OCH3 is 1. The fourth-order valence-electron chi connectivity index (χ4n) is 3.03. The van der Waals surface area contributed by atoms with Gasteiger partial charge in [0.1, 0.15) is 10.7 Å². The molecule has 0 aliphatic heterocycles. The average Bonchev–Trinajstić information content (AvgIpc) is 2.75. The minimum Gasteiger partial charge on any atom is -0.493 e. The summed E-state index contributed by atoms with van der Waals surface area (Å²) in [6, 6.07) is 9.36. The van der Waals surface area contributed by atoms with Crippen LogP contribution in [0.1, 0.15) is 52.0 Å². The van der Waals surface area contributed by atoms with Gasteiger partial charge in [-0.3, -0.25) is 4.79 Å². The Morgan fingerprint density at radius 1 is 1.10 bits per heavy atom. The standard InChI is InChI=1S/C23H30FNO5S/c1-5-7-8-23(26)25(17(3)6-2)16-18-9-14-21(29-4)22(15-18)30-31(27,28)20-12-10-19(24)11-13-20/h9-15,17H,5-8,16H2,1-4H3. The predicted octanol–water partition coefficient (Wildman–Crippen LogP) is 4.92. The van der Waals surface area contributed by atoms with Gasteiger partial charge in [-0.2, -0.15) is 8.42 Å². The molecule has 2 aromatic rings. The molecule has 170 valence electrons. The van der Waals surface area contributed by atoms with E-state index in [2.05, 4.69) is 0 Å². The molecular formula is C23H30FNO5S. The lowest BCUT2D eigenvalue weighted by Crippen LogP contribution is -2.37. The van der Waals surface area contributed by atoms with Gasteiger partial charge in [0.25, 0.3) is 0 Å². The number of carbonyl (C=O) groups excluding carboxylic acids is 1. The normalized spacial score (nSPS) is 12.3. The van der Waals surface area contributed by atoms with Crippen molar-refractivity contribution >= 4 is 16.0 Å². The van der Waals surface area contributed by atoms with Gasteiger partial charge >= 0.3 is 10.1 Å². The number of ether oxygens (including phenoxy) is 1. The lowest BCUT2D eigenvalue weighted by molar-refractivity contribution is -0.134. The van der Waals surface area contributed by atoms with Crippen LogP contribution in [0.25, 0.3) is 0 Å². The van der Waals surface area contributed by atoms with Crippen LogP contribution in [0.2, 0.25) is 0 Å². The molecule has 1 atom stereocenters. The van der Waals surface area contributed by atoms with E-state index in [4.69, 9.17) is 8.92 Å². The van der Waals surface area contributed by atoms with Crippen molar-refractivity contribution in [3.63, 3.8) is 0 Å². The zero-order valence-corrected chi connectivity index (χ0v) is 19.2. The molecule has 0 bridgehead atoms. The first-order chi connectivity index (χ1) is 14.7. The highest BCUT2D eigenvalue weighted by molar-refractivity contribution is 7.87. The topological polar surface area (TPSA) is 72.9 Å². The number of halogens is 1. The zero-order chi connectivity index (χ0) is 23.0. The Bertz CT molecular complexity index is 976. The molecule has 2 rings (SSSR count).